The standard InChI is InChI=1S/C7H14N4OS/c1-4-5(2)9-7(13)11-10-6(12)8-3/h4-5H,1H2,2-3H3,(H2,8,10,12)(H2,9,11,13). The Bertz CT molecular complexity index is 207. The highest BCUT2D eigenvalue weighted by molar-refractivity contribution is 7.80. The molecule has 0 saturated heterocycles. The fourth-order valence-electron chi connectivity index (χ4n) is 0.478. The van der Waals surface area contributed by atoms with Crippen LogP contribution in [-0.4, -0.2) is 24.2 Å². The Hall–Kier alpha value is -1.30. The third kappa shape index (κ3) is 5.92. The maximum Gasteiger partial charge on any atom is 0.333 e. The lowest BCUT2D eigenvalue weighted by molar-refractivity contribution is 0.241. The van der Waals surface area contributed by atoms with Crippen molar-refractivity contribution in [3.63, 3.8) is 0 Å². The predicted octanol–water partition coefficient (Wildman–Crippen LogP) is -0.131. The summed E-state index contributed by atoms with van der Waals surface area (Å²) < 4.78 is 0. The second kappa shape index (κ2) is 6.24. The molecule has 1 unspecified atom stereocenters. The zero-order valence-corrected chi connectivity index (χ0v) is 8.49. The van der Waals surface area contributed by atoms with E-state index in [-0.39, 0.29) is 12.1 Å². The smallest absolute Gasteiger partial charge is 0.333 e. The first-order valence-corrected chi connectivity index (χ1v) is 4.17. The van der Waals surface area contributed by atoms with Gasteiger partial charge in [0.25, 0.3) is 0 Å². The van der Waals surface area contributed by atoms with E-state index in [4.69, 9.17) is 12.2 Å². The average Bonchev–Trinajstić information content (AvgIpc) is 2.13. The molecule has 0 spiro atoms. The summed E-state index contributed by atoms with van der Waals surface area (Å²) in [4.78, 5) is 10.7. The van der Waals surface area contributed by atoms with Gasteiger partial charge in [-0.2, -0.15) is 0 Å². The van der Waals surface area contributed by atoms with Crippen LogP contribution in [0.15, 0.2) is 12.7 Å². The van der Waals surface area contributed by atoms with Gasteiger partial charge < -0.3 is 10.6 Å². The SMILES string of the molecule is C=CC(C)NC(=S)NNC(=O)NC. The highest BCUT2D eigenvalue weighted by atomic mass is 32.1. The molecule has 0 aliphatic heterocycles. The summed E-state index contributed by atoms with van der Waals surface area (Å²) in [5.74, 6) is 0. The molecule has 0 aliphatic rings. The lowest BCUT2D eigenvalue weighted by Crippen LogP contribution is -2.51. The van der Waals surface area contributed by atoms with Crippen molar-refractivity contribution >= 4 is 23.4 Å². The van der Waals surface area contributed by atoms with Crippen LogP contribution in [0.5, 0.6) is 0 Å². The van der Waals surface area contributed by atoms with Crippen molar-refractivity contribution in [2.45, 2.75) is 13.0 Å². The van der Waals surface area contributed by atoms with Crippen molar-refractivity contribution in [1.82, 2.24) is 21.5 Å². The number of carbonyl (C=O) groups excluding carboxylic acids is 1. The number of rotatable bonds is 2. The molecule has 0 aliphatic carbocycles. The summed E-state index contributed by atoms with van der Waals surface area (Å²) >= 11 is 4.85. The van der Waals surface area contributed by atoms with Crippen molar-refractivity contribution in [2.75, 3.05) is 7.05 Å². The van der Waals surface area contributed by atoms with Crippen molar-refractivity contribution in [1.29, 1.82) is 0 Å². The van der Waals surface area contributed by atoms with Crippen LogP contribution in [0.3, 0.4) is 0 Å². The third-order valence-electron chi connectivity index (χ3n) is 1.23. The molecule has 74 valence electrons. The molecular formula is C7H14N4OS. The molecule has 0 radical (unpaired) electrons. The van der Waals surface area contributed by atoms with Crippen molar-refractivity contribution in [3.8, 4) is 0 Å². The normalized spacial score (nSPS) is 10.9. The zero-order chi connectivity index (χ0) is 10.3. The van der Waals surface area contributed by atoms with Crippen LogP contribution >= 0.6 is 12.2 Å². The van der Waals surface area contributed by atoms with Crippen LogP contribution in [0, 0.1) is 0 Å². The largest absolute Gasteiger partial charge is 0.355 e. The summed E-state index contributed by atoms with van der Waals surface area (Å²) in [6, 6.07) is -0.290. The molecule has 6 heteroatoms. The van der Waals surface area contributed by atoms with Crippen LogP contribution in [0.2, 0.25) is 0 Å². The number of nitrogens with one attached hydrogen (secondary N) is 4. The van der Waals surface area contributed by atoms with Crippen molar-refractivity contribution < 1.29 is 4.79 Å². The molecule has 13 heavy (non-hydrogen) atoms. The summed E-state index contributed by atoms with van der Waals surface area (Å²) in [5.41, 5.74) is 4.83. The minimum absolute atomic E-state index is 0.0616. The zero-order valence-electron chi connectivity index (χ0n) is 7.68. The second-order valence-electron chi connectivity index (χ2n) is 2.33. The molecule has 0 aromatic carbocycles. The molecular weight excluding hydrogens is 188 g/mol. The number of hydrogen-bond donors (Lipinski definition) is 4. The molecule has 0 aromatic rings. The first kappa shape index (κ1) is 11.7. The highest BCUT2D eigenvalue weighted by Gasteiger charge is 1.99. The Morgan fingerprint density at radius 2 is 2.15 bits per heavy atom. The van der Waals surface area contributed by atoms with Crippen LogP contribution in [-0.2, 0) is 0 Å². The molecule has 1 atom stereocenters. The minimum Gasteiger partial charge on any atom is -0.355 e. The maximum atomic E-state index is 10.7. The second-order valence-corrected chi connectivity index (χ2v) is 2.74. The van der Waals surface area contributed by atoms with E-state index >= 15 is 0 Å². The molecule has 0 aromatic heterocycles. The Morgan fingerprint density at radius 3 is 2.62 bits per heavy atom. The first-order valence-electron chi connectivity index (χ1n) is 3.77. The first-order chi connectivity index (χ1) is 6.10. The molecule has 0 rings (SSSR count). The van der Waals surface area contributed by atoms with Gasteiger partial charge >= 0.3 is 6.03 Å². The Balaban J connectivity index is 3.63. The van der Waals surface area contributed by atoms with E-state index in [1.165, 1.54) is 7.05 Å². The predicted molar refractivity (Wildman–Crippen MR) is 56.1 cm³/mol. The number of urea groups is 1. The van der Waals surface area contributed by atoms with Crippen LogP contribution in [0.4, 0.5) is 4.79 Å². The van der Waals surface area contributed by atoms with Gasteiger partial charge in [-0.15, -0.1) is 6.58 Å². The molecule has 2 amide bonds. The van der Waals surface area contributed by atoms with E-state index < -0.39 is 0 Å². The van der Waals surface area contributed by atoms with Gasteiger partial charge in [-0.1, -0.05) is 6.08 Å². The molecule has 0 bridgehead atoms. The van der Waals surface area contributed by atoms with E-state index in [1.54, 1.807) is 6.08 Å². The van der Waals surface area contributed by atoms with Gasteiger partial charge in [0.1, 0.15) is 0 Å². The Morgan fingerprint density at radius 1 is 1.54 bits per heavy atom. The summed E-state index contributed by atoms with van der Waals surface area (Å²) in [7, 11) is 1.51. The number of hydrazine groups is 1. The highest BCUT2D eigenvalue weighted by Crippen LogP contribution is 1.79. The topological polar surface area (TPSA) is 65.2 Å². The lowest BCUT2D eigenvalue weighted by atomic mass is 10.3. The maximum absolute atomic E-state index is 10.7. The fourth-order valence-corrected chi connectivity index (χ4v) is 0.715. The fraction of sp³-hybridized carbons (Fsp3) is 0.429. The van der Waals surface area contributed by atoms with E-state index in [0.29, 0.717) is 5.11 Å². The average molecular weight is 202 g/mol. The van der Waals surface area contributed by atoms with Gasteiger partial charge in [0.2, 0.25) is 0 Å². The molecule has 4 N–H and O–H groups in total. The van der Waals surface area contributed by atoms with E-state index in [9.17, 15) is 4.79 Å². The lowest BCUT2D eigenvalue weighted by Gasteiger charge is -2.13. The van der Waals surface area contributed by atoms with Crippen molar-refractivity contribution in [3.05, 3.63) is 12.7 Å². The number of carbonyl (C=O) groups is 1. The van der Waals surface area contributed by atoms with Gasteiger partial charge in [0.05, 0.1) is 0 Å². The minimum atomic E-state index is -0.351. The van der Waals surface area contributed by atoms with Gasteiger partial charge in [0.15, 0.2) is 5.11 Å². The Kier molecular flexibility index (Phi) is 5.62. The van der Waals surface area contributed by atoms with Crippen molar-refractivity contribution in [2.24, 2.45) is 0 Å². The Labute approximate surface area is 82.9 Å². The van der Waals surface area contributed by atoms with Gasteiger partial charge in [-0.25, -0.2) is 10.2 Å². The molecule has 5 nitrogen and oxygen atoms in total. The van der Waals surface area contributed by atoms with E-state index in [1.807, 2.05) is 6.92 Å². The van der Waals surface area contributed by atoms with E-state index in [2.05, 4.69) is 28.1 Å². The monoisotopic (exact) mass is 202 g/mol. The quantitative estimate of drug-likeness (QED) is 0.286. The third-order valence-corrected chi connectivity index (χ3v) is 1.45. The van der Waals surface area contributed by atoms with E-state index in [0.717, 1.165) is 0 Å². The van der Waals surface area contributed by atoms with Crippen LogP contribution in [0.1, 0.15) is 6.92 Å². The summed E-state index contributed by atoms with van der Waals surface area (Å²) in [6.45, 7) is 5.47. The molecule has 0 fully saturated rings. The van der Waals surface area contributed by atoms with Gasteiger partial charge in [-0.3, -0.25) is 5.43 Å². The van der Waals surface area contributed by atoms with Gasteiger partial charge in [0, 0.05) is 13.1 Å². The van der Waals surface area contributed by atoms with Crippen LogP contribution in [0.25, 0.3) is 0 Å². The number of amides is 2. The van der Waals surface area contributed by atoms with Gasteiger partial charge in [-0.05, 0) is 19.1 Å². The number of hydrogen-bond acceptors (Lipinski definition) is 2. The summed E-state index contributed by atoms with van der Waals surface area (Å²) in [6.07, 6.45) is 1.70. The molecule has 0 heterocycles. The molecule has 0 saturated carbocycles. The van der Waals surface area contributed by atoms with Crippen LogP contribution < -0.4 is 21.5 Å². The summed E-state index contributed by atoms with van der Waals surface area (Å²) in [5, 5.41) is 5.58. The number of thiocarbonyl (C=S) groups is 1.